The number of aryl methyl sites for hydroxylation is 1. The molecule has 0 unspecified atom stereocenters. The first-order valence-corrected chi connectivity index (χ1v) is 6.24. The minimum absolute atomic E-state index is 0.0237. The number of benzene rings is 2. The number of non-ortho nitro benzene ring substituents is 1. The summed E-state index contributed by atoms with van der Waals surface area (Å²) in [6, 6.07) is 11.2. The lowest BCUT2D eigenvalue weighted by atomic mass is 10.1. The van der Waals surface area contributed by atoms with Crippen LogP contribution >= 0.6 is 0 Å². The predicted octanol–water partition coefficient (Wildman–Crippen LogP) is 2.58. The second kappa shape index (κ2) is 6.04. The quantitative estimate of drug-likeness (QED) is 0.675. The van der Waals surface area contributed by atoms with Gasteiger partial charge in [-0.2, -0.15) is 0 Å². The zero-order valence-electron chi connectivity index (χ0n) is 11.4. The molecule has 0 atom stereocenters. The first-order chi connectivity index (χ1) is 9.97. The molecule has 108 valence electrons. The van der Waals surface area contributed by atoms with Gasteiger partial charge in [0.05, 0.1) is 4.92 Å². The molecule has 2 N–H and O–H groups in total. The van der Waals surface area contributed by atoms with E-state index in [9.17, 15) is 14.9 Å². The van der Waals surface area contributed by atoms with E-state index in [2.05, 4.69) is 0 Å². The highest BCUT2D eigenvalue weighted by atomic mass is 16.6. The molecule has 2 aromatic carbocycles. The molecule has 0 spiro atoms. The van der Waals surface area contributed by atoms with E-state index in [4.69, 9.17) is 10.5 Å². The van der Waals surface area contributed by atoms with Crippen molar-refractivity contribution in [1.29, 1.82) is 0 Å². The van der Waals surface area contributed by atoms with Gasteiger partial charge in [0, 0.05) is 17.7 Å². The fraction of sp³-hybridized carbons (Fsp3) is 0.133. The van der Waals surface area contributed by atoms with Crippen LogP contribution in [-0.2, 0) is 6.61 Å². The zero-order chi connectivity index (χ0) is 15.4. The third kappa shape index (κ3) is 3.56. The lowest BCUT2D eigenvalue weighted by Gasteiger charge is -2.09. The topological polar surface area (TPSA) is 95.5 Å². The minimum atomic E-state index is -0.497. The van der Waals surface area contributed by atoms with Gasteiger partial charge in [-0.15, -0.1) is 0 Å². The van der Waals surface area contributed by atoms with Crippen molar-refractivity contribution in [3.05, 3.63) is 69.3 Å². The van der Waals surface area contributed by atoms with E-state index in [1.807, 2.05) is 6.07 Å². The Kier molecular flexibility index (Phi) is 4.18. The molecule has 0 heterocycles. The maximum atomic E-state index is 11.1. The molecule has 0 fully saturated rings. The molecule has 0 aliphatic rings. The fourth-order valence-corrected chi connectivity index (χ4v) is 1.88. The highest BCUT2D eigenvalue weighted by Crippen LogP contribution is 2.24. The largest absolute Gasteiger partial charge is 0.489 e. The first-order valence-electron chi connectivity index (χ1n) is 6.24. The van der Waals surface area contributed by atoms with Crippen molar-refractivity contribution in [2.45, 2.75) is 13.5 Å². The molecule has 0 bridgehead atoms. The third-order valence-electron chi connectivity index (χ3n) is 2.98. The lowest BCUT2D eigenvalue weighted by molar-refractivity contribution is -0.384. The van der Waals surface area contributed by atoms with Crippen LogP contribution in [-0.4, -0.2) is 10.8 Å². The van der Waals surface area contributed by atoms with Crippen LogP contribution in [0.2, 0.25) is 0 Å². The molecule has 0 saturated carbocycles. The van der Waals surface area contributed by atoms with Gasteiger partial charge in [-0.05, 0) is 36.2 Å². The molecule has 0 aromatic heterocycles. The van der Waals surface area contributed by atoms with Gasteiger partial charge in [-0.1, -0.05) is 12.1 Å². The Hall–Kier alpha value is -2.89. The molecule has 0 radical (unpaired) electrons. The summed E-state index contributed by atoms with van der Waals surface area (Å²) in [4.78, 5) is 21.3. The first kappa shape index (κ1) is 14.5. The maximum absolute atomic E-state index is 11.1. The van der Waals surface area contributed by atoms with Gasteiger partial charge in [0.15, 0.2) is 0 Å². The number of nitro groups is 1. The van der Waals surface area contributed by atoms with Crippen LogP contribution in [0.25, 0.3) is 0 Å². The molecule has 1 amide bonds. The number of nitro benzene ring substituents is 1. The van der Waals surface area contributed by atoms with Crippen molar-refractivity contribution >= 4 is 11.6 Å². The average molecular weight is 286 g/mol. The number of nitrogens with two attached hydrogens (primary N) is 1. The number of rotatable bonds is 5. The summed E-state index contributed by atoms with van der Waals surface area (Å²) in [6.45, 7) is 1.99. The van der Waals surface area contributed by atoms with E-state index in [1.54, 1.807) is 31.2 Å². The Morgan fingerprint density at radius 3 is 2.67 bits per heavy atom. The summed E-state index contributed by atoms with van der Waals surface area (Å²) in [5.74, 6) is 0.0634. The van der Waals surface area contributed by atoms with Crippen LogP contribution in [0, 0.1) is 17.0 Å². The monoisotopic (exact) mass is 286 g/mol. The molecule has 2 aromatic rings. The van der Waals surface area contributed by atoms with E-state index in [-0.39, 0.29) is 12.3 Å². The van der Waals surface area contributed by atoms with Crippen LogP contribution in [0.15, 0.2) is 42.5 Å². The summed E-state index contributed by atoms with van der Waals surface area (Å²) in [5.41, 5.74) is 7.12. The molecule has 6 heteroatoms. The highest BCUT2D eigenvalue weighted by Gasteiger charge is 2.09. The van der Waals surface area contributed by atoms with Crippen LogP contribution in [0.4, 0.5) is 5.69 Å². The van der Waals surface area contributed by atoms with Gasteiger partial charge >= 0.3 is 0 Å². The van der Waals surface area contributed by atoms with Crippen LogP contribution < -0.4 is 10.5 Å². The van der Waals surface area contributed by atoms with Crippen LogP contribution in [0.3, 0.4) is 0 Å². The van der Waals surface area contributed by atoms with Crippen molar-refractivity contribution in [1.82, 2.24) is 0 Å². The van der Waals surface area contributed by atoms with Gasteiger partial charge in [-0.3, -0.25) is 14.9 Å². The lowest BCUT2D eigenvalue weighted by Crippen LogP contribution is -2.11. The van der Waals surface area contributed by atoms with E-state index < -0.39 is 10.8 Å². The molecule has 21 heavy (non-hydrogen) atoms. The molecule has 6 nitrogen and oxygen atoms in total. The molecule has 2 rings (SSSR count). The van der Waals surface area contributed by atoms with E-state index >= 15 is 0 Å². The van der Waals surface area contributed by atoms with Crippen molar-refractivity contribution in [3.63, 3.8) is 0 Å². The van der Waals surface area contributed by atoms with Gasteiger partial charge in [-0.25, -0.2) is 0 Å². The number of nitrogens with zero attached hydrogens (tertiary/aromatic N) is 1. The summed E-state index contributed by atoms with van der Waals surface area (Å²) in [5, 5.41) is 10.7. The molecule has 0 aliphatic heterocycles. The van der Waals surface area contributed by atoms with Crippen molar-refractivity contribution < 1.29 is 14.5 Å². The Balaban J connectivity index is 2.11. The zero-order valence-corrected chi connectivity index (χ0v) is 11.4. The number of hydrogen-bond acceptors (Lipinski definition) is 4. The molecule has 0 aliphatic carbocycles. The second-order valence-corrected chi connectivity index (χ2v) is 4.56. The van der Waals surface area contributed by atoms with Crippen molar-refractivity contribution in [2.24, 2.45) is 5.73 Å². The SMILES string of the molecule is Cc1cc([N+](=O)[O-])ccc1OCc1cccc(C(N)=O)c1. The number of carbonyl (C=O) groups is 1. The van der Waals surface area contributed by atoms with Gasteiger partial charge in [0.1, 0.15) is 12.4 Å². The van der Waals surface area contributed by atoms with E-state index in [0.29, 0.717) is 16.9 Å². The van der Waals surface area contributed by atoms with Crippen molar-refractivity contribution in [3.8, 4) is 5.75 Å². The molecular weight excluding hydrogens is 272 g/mol. The van der Waals surface area contributed by atoms with E-state index in [0.717, 1.165) is 5.56 Å². The second-order valence-electron chi connectivity index (χ2n) is 4.56. The van der Waals surface area contributed by atoms with Gasteiger partial charge in [0.2, 0.25) is 5.91 Å². The van der Waals surface area contributed by atoms with Crippen molar-refractivity contribution in [2.75, 3.05) is 0 Å². The minimum Gasteiger partial charge on any atom is -0.489 e. The molecule has 0 saturated heterocycles. The molecular formula is C15H14N2O4. The van der Waals surface area contributed by atoms with Gasteiger partial charge in [0.25, 0.3) is 5.69 Å². The number of carbonyl (C=O) groups excluding carboxylic acids is 1. The van der Waals surface area contributed by atoms with Crippen LogP contribution in [0.5, 0.6) is 5.75 Å². The number of hydrogen-bond donors (Lipinski definition) is 1. The Bertz CT molecular complexity index is 698. The number of ether oxygens (including phenoxy) is 1. The smallest absolute Gasteiger partial charge is 0.269 e. The van der Waals surface area contributed by atoms with Gasteiger partial charge < -0.3 is 10.5 Å². The fourth-order valence-electron chi connectivity index (χ4n) is 1.88. The summed E-state index contributed by atoms with van der Waals surface area (Å²) >= 11 is 0. The highest BCUT2D eigenvalue weighted by molar-refractivity contribution is 5.92. The number of primary amides is 1. The normalized spacial score (nSPS) is 10.1. The Morgan fingerprint density at radius 2 is 2.05 bits per heavy atom. The average Bonchev–Trinajstić information content (AvgIpc) is 2.46. The maximum Gasteiger partial charge on any atom is 0.269 e. The Morgan fingerprint density at radius 1 is 1.29 bits per heavy atom. The van der Waals surface area contributed by atoms with Crippen LogP contribution in [0.1, 0.15) is 21.5 Å². The standard InChI is InChI=1S/C15H14N2O4/c1-10-7-13(17(19)20)5-6-14(10)21-9-11-3-2-4-12(8-11)15(16)18/h2-8H,9H2,1H3,(H2,16,18). The third-order valence-corrected chi connectivity index (χ3v) is 2.98. The number of amides is 1. The Labute approximate surface area is 121 Å². The predicted molar refractivity (Wildman–Crippen MR) is 77.1 cm³/mol. The summed E-state index contributed by atoms with van der Waals surface area (Å²) < 4.78 is 5.62. The van der Waals surface area contributed by atoms with E-state index in [1.165, 1.54) is 12.1 Å². The summed E-state index contributed by atoms with van der Waals surface area (Å²) in [6.07, 6.45) is 0. The summed E-state index contributed by atoms with van der Waals surface area (Å²) in [7, 11) is 0.